The fourth-order valence-electron chi connectivity index (χ4n) is 1.84. The zero-order valence-electron chi connectivity index (χ0n) is 11.5. The molecule has 0 aliphatic carbocycles. The van der Waals surface area contributed by atoms with Crippen molar-refractivity contribution in [1.82, 2.24) is 4.57 Å². The minimum Gasteiger partial charge on any atom is -0.365 e. The molecule has 0 spiro atoms. The summed E-state index contributed by atoms with van der Waals surface area (Å²) in [7, 11) is 1.48. The maximum Gasteiger partial charge on any atom is 0.252 e. The largest absolute Gasteiger partial charge is 0.365 e. The van der Waals surface area contributed by atoms with E-state index < -0.39 is 11.7 Å². The number of carbonyl (C=O) groups excluding carboxylic acids is 1. The lowest BCUT2D eigenvalue weighted by molar-refractivity contribution is 0.100. The molecule has 21 heavy (non-hydrogen) atoms. The third-order valence-electron chi connectivity index (χ3n) is 3.01. The molecule has 0 saturated carbocycles. The van der Waals surface area contributed by atoms with E-state index in [1.807, 2.05) is 6.26 Å². The fourth-order valence-corrected chi connectivity index (χ4v) is 2.26. The van der Waals surface area contributed by atoms with Crippen molar-refractivity contribution in [3.05, 3.63) is 52.1 Å². The number of primary amides is 1. The van der Waals surface area contributed by atoms with Crippen molar-refractivity contribution in [2.75, 3.05) is 11.6 Å². The number of hydrogen-bond acceptors (Lipinski definition) is 4. The van der Waals surface area contributed by atoms with E-state index in [1.165, 1.54) is 41.6 Å². The van der Waals surface area contributed by atoms with Crippen LogP contribution >= 0.6 is 11.8 Å². The second-order valence-electron chi connectivity index (χ2n) is 4.33. The van der Waals surface area contributed by atoms with E-state index in [2.05, 4.69) is 5.32 Å². The summed E-state index contributed by atoms with van der Waals surface area (Å²) in [6.07, 6.45) is 1.84. The van der Waals surface area contributed by atoms with E-state index >= 15 is 0 Å². The summed E-state index contributed by atoms with van der Waals surface area (Å²) in [6, 6.07) is 7.21. The standard InChI is InChI=1S/C14H14FN3O2S/c1-18-12(19)6-4-9(13(16)20)14(18)17-11-5-3-8(21-2)7-10(11)15/h3-7,17H,1-2H3,(H2,16,20). The third kappa shape index (κ3) is 3.08. The van der Waals surface area contributed by atoms with Crippen molar-refractivity contribution in [2.24, 2.45) is 12.8 Å². The molecule has 1 amide bonds. The normalized spacial score (nSPS) is 10.4. The number of rotatable bonds is 4. The number of benzene rings is 1. The number of nitrogens with zero attached hydrogens (tertiary/aromatic N) is 1. The molecular formula is C14H14FN3O2S. The molecule has 1 aromatic carbocycles. The predicted molar refractivity (Wildman–Crippen MR) is 81.7 cm³/mol. The minimum absolute atomic E-state index is 0.116. The Bertz CT molecular complexity index is 758. The fraction of sp³-hybridized carbons (Fsp3) is 0.143. The van der Waals surface area contributed by atoms with Crippen LogP contribution in [0, 0.1) is 5.82 Å². The Hall–Kier alpha value is -2.28. The molecule has 0 atom stereocenters. The molecule has 1 heterocycles. The van der Waals surface area contributed by atoms with Crippen LogP contribution in [0.2, 0.25) is 0 Å². The van der Waals surface area contributed by atoms with Crippen LogP contribution < -0.4 is 16.6 Å². The van der Waals surface area contributed by atoms with Crippen molar-refractivity contribution in [3.63, 3.8) is 0 Å². The molecular weight excluding hydrogens is 293 g/mol. The van der Waals surface area contributed by atoms with Crippen LogP contribution in [-0.4, -0.2) is 16.7 Å². The highest BCUT2D eigenvalue weighted by molar-refractivity contribution is 7.98. The van der Waals surface area contributed by atoms with Crippen LogP contribution in [0.4, 0.5) is 15.9 Å². The molecule has 0 unspecified atom stereocenters. The number of pyridine rings is 1. The highest BCUT2D eigenvalue weighted by atomic mass is 32.2. The van der Waals surface area contributed by atoms with Gasteiger partial charge >= 0.3 is 0 Å². The first kappa shape index (κ1) is 15.1. The lowest BCUT2D eigenvalue weighted by Gasteiger charge is -2.15. The average Bonchev–Trinajstić information content (AvgIpc) is 2.45. The molecule has 0 aliphatic rings. The highest BCUT2D eigenvalue weighted by Crippen LogP contribution is 2.25. The second kappa shape index (κ2) is 6.01. The van der Waals surface area contributed by atoms with Gasteiger partial charge in [0.2, 0.25) is 0 Å². The van der Waals surface area contributed by atoms with Gasteiger partial charge in [0.05, 0.1) is 11.3 Å². The summed E-state index contributed by atoms with van der Waals surface area (Å²) in [6.45, 7) is 0. The summed E-state index contributed by atoms with van der Waals surface area (Å²) >= 11 is 1.41. The molecule has 0 bridgehead atoms. The second-order valence-corrected chi connectivity index (χ2v) is 5.21. The minimum atomic E-state index is -0.700. The van der Waals surface area contributed by atoms with Gasteiger partial charge in [0.15, 0.2) is 0 Å². The number of aromatic nitrogens is 1. The first-order valence-corrected chi connectivity index (χ1v) is 7.27. The average molecular weight is 307 g/mol. The quantitative estimate of drug-likeness (QED) is 0.848. The lowest BCUT2D eigenvalue weighted by atomic mass is 10.2. The zero-order chi connectivity index (χ0) is 15.6. The number of amides is 1. The molecule has 2 rings (SSSR count). The molecule has 0 radical (unpaired) electrons. The number of hydrogen-bond donors (Lipinski definition) is 2. The SMILES string of the molecule is CSc1ccc(Nc2c(C(N)=O)ccc(=O)n2C)c(F)c1. The van der Waals surface area contributed by atoms with E-state index in [4.69, 9.17) is 5.73 Å². The Morgan fingerprint density at radius 2 is 2.05 bits per heavy atom. The molecule has 110 valence electrons. The first-order valence-electron chi connectivity index (χ1n) is 6.04. The summed E-state index contributed by atoms with van der Waals surface area (Å²) in [4.78, 5) is 23.9. The number of thioether (sulfide) groups is 1. The van der Waals surface area contributed by atoms with Crippen molar-refractivity contribution >= 4 is 29.2 Å². The number of nitrogens with one attached hydrogen (secondary N) is 1. The first-order chi connectivity index (χ1) is 9.93. The van der Waals surface area contributed by atoms with Gasteiger partial charge in [-0.25, -0.2) is 4.39 Å². The van der Waals surface area contributed by atoms with Crippen LogP contribution in [0.3, 0.4) is 0 Å². The van der Waals surface area contributed by atoms with Crippen LogP contribution in [0.1, 0.15) is 10.4 Å². The van der Waals surface area contributed by atoms with E-state index in [1.54, 1.807) is 12.1 Å². The zero-order valence-corrected chi connectivity index (χ0v) is 12.3. The van der Waals surface area contributed by atoms with Crippen LogP contribution in [-0.2, 0) is 7.05 Å². The van der Waals surface area contributed by atoms with Gasteiger partial charge in [-0.3, -0.25) is 14.2 Å². The summed E-state index contributed by atoms with van der Waals surface area (Å²) in [5.41, 5.74) is 5.23. The third-order valence-corrected chi connectivity index (χ3v) is 3.73. The van der Waals surface area contributed by atoms with Gasteiger partial charge in [-0.1, -0.05) is 0 Å². The maximum absolute atomic E-state index is 14.0. The lowest BCUT2D eigenvalue weighted by Crippen LogP contribution is -2.24. The molecule has 5 nitrogen and oxygen atoms in total. The molecule has 0 fully saturated rings. The van der Waals surface area contributed by atoms with Gasteiger partial charge in [-0.15, -0.1) is 11.8 Å². The van der Waals surface area contributed by atoms with E-state index in [0.29, 0.717) is 0 Å². The van der Waals surface area contributed by atoms with E-state index in [9.17, 15) is 14.0 Å². The number of nitrogens with two attached hydrogens (primary N) is 1. The Balaban J connectivity index is 2.51. The number of carbonyl (C=O) groups is 1. The van der Waals surface area contributed by atoms with Gasteiger partial charge in [-0.2, -0.15) is 0 Å². The van der Waals surface area contributed by atoms with Gasteiger partial charge < -0.3 is 11.1 Å². The molecule has 1 aromatic heterocycles. The monoisotopic (exact) mass is 307 g/mol. The molecule has 7 heteroatoms. The van der Waals surface area contributed by atoms with Crippen LogP contribution in [0.25, 0.3) is 0 Å². The van der Waals surface area contributed by atoms with Gasteiger partial charge in [-0.05, 0) is 30.5 Å². The predicted octanol–water partition coefficient (Wildman–Crippen LogP) is 2.09. The number of halogens is 1. The van der Waals surface area contributed by atoms with Crippen molar-refractivity contribution in [3.8, 4) is 0 Å². The topological polar surface area (TPSA) is 77.1 Å². The summed E-state index contributed by atoms with van der Waals surface area (Å²) < 4.78 is 15.2. The molecule has 0 aliphatic heterocycles. The molecule has 2 aromatic rings. The smallest absolute Gasteiger partial charge is 0.252 e. The van der Waals surface area contributed by atoms with Crippen molar-refractivity contribution in [2.45, 2.75) is 4.90 Å². The molecule has 3 N–H and O–H groups in total. The summed E-state index contributed by atoms with van der Waals surface area (Å²) in [5.74, 6) is -1.02. The van der Waals surface area contributed by atoms with Crippen LogP contribution in [0.15, 0.2) is 40.0 Å². The Morgan fingerprint density at radius 3 is 2.62 bits per heavy atom. The summed E-state index contributed by atoms with van der Waals surface area (Å²) in [5, 5.41) is 2.76. The highest BCUT2D eigenvalue weighted by Gasteiger charge is 2.14. The molecule has 0 saturated heterocycles. The Labute approximate surface area is 125 Å². The van der Waals surface area contributed by atoms with Crippen LogP contribution in [0.5, 0.6) is 0 Å². The number of anilines is 2. The van der Waals surface area contributed by atoms with Crippen molar-refractivity contribution in [1.29, 1.82) is 0 Å². The van der Waals surface area contributed by atoms with Gasteiger partial charge in [0.25, 0.3) is 11.5 Å². The maximum atomic E-state index is 14.0. The van der Waals surface area contributed by atoms with Gasteiger partial charge in [0.1, 0.15) is 11.6 Å². The van der Waals surface area contributed by atoms with Crippen molar-refractivity contribution < 1.29 is 9.18 Å². The van der Waals surface area contributed by atoms with Gasteiger partial charge in [0, 0.05) is 18.0 Å². The Morgan fingerprint density at radius 1 is 1.33 bits per heavy atom. The van der Waals surface area contributed by atoms with E-state index in [0.717, 1.165) is 4.90 Å². The van der Waals surface area contributed by atoms with E-state index in [-0.39, 0.29) is 22.6 Å². The Kier molecular flexibility index (Phi) is 4.32.